The Balaban J connectivity index is 1.76. The number of rotatable bonds is 8. The van der Waals surface area contributed by atoms with Gasteiger partial charge in [0.15, 0.2) is 5.96 Å². The molecule has 1 aliphatic rings. The molecular formula is C20H34N4OS. The second-order valence-corrected chi connectivity index (χ2v) is 8.44. The van der Waals surface area contributed by atoms with E-state index in [0.717, 1.165) is 57.8 Å². The number of carbonyl (C=O) groups is 1. The molecule has 0 saturated carbocycles. The fraction of sp³-hybridized carbons (Fsp3) is 0.700. The number of nitrogens with zero attached hydrogens (tertiary/aromatic N) is 2. The molecule has 0 bridgehead atoms. The van der Waals surface area contributed by atoms with Crippen molar-refractivity contribution in [2.24, 2.45) is 4.99 Å². The lowest BCUT2D eigenvalue weighted by Gasteiger charge is -2.20. The topological polar surface area (TPSA) is 56.7 Å². The summed E-state index contributed by atoms with van der Waals surface area (Å²) >= 11 is 1.86. The molecule has 1 unspecified atom stereocenters. The largest absolute Gasteiger partial charge is 0.357 e. The van der Waals surface area contributed by atoms with Crippen molar-refractivity contribution in [1.29, 1.82) is 0 Å². The summed E-state index contributed by atoms with van der Waals surface area (Å²) in [5.41, 5.74) is 0. The van der Waals surface area contributed by atoms with E-state index >= 15 is 0 Å². The van der Waals surface area contributed by atoms with E-state index in [1.165, 1.54) is 16.2 Å². The van der Waals surface area contributed by atoms with Gasteiger partial charge in [-0.2, -0.15) is 0 Å². The zero-order valence-corrected chi connectivity index (χ0v) is 17.3. The van der Waals surface area contributed by atoms with Crippen LogP contribution in [0, 0.1) is 6.92 Å². The lowest BCUT2D eigenvalue weighted by molar-refractivity contribution is -0.130. The maximum atomic E-state index is 12.0. The summed E-state index contributed by atoms with van der Waals surface area (Å²) < 4.78 is 0. The van der Waals surface area contributed by atoms with Crippen LogP contribution >= 0.6 is 11.3 Å². The van der Waals surface area contributed by atoms with E-state index in [4.69, 9.17) is 4.99 Å². The molecule has 2 rings (SSSR count). The number of amides is 1. The van der Waals surface area contributed by atoms with E-state index in [9.17, 15) is 4.79 Å². The van der Waals surface area contributed by atoms with E-state index in [1.54, 1.807) is 0 Å². The minimum absolute atomic E-state index is 0.316. The van der Waals surface area contributed by atoms with Crippen LogP contribution in [0.1, 0.15) is 55.7 Å². The molecule has 0 aromatic carbocycles. The lowest BCUT2D eigenvalue weighted by Crippen LogP contribution is -2.43. The zero-order valence-electron chi connectivity index (χ0n) is 16.5. The van der Waals surface area contributed by atoms with Crippen molar-refractivity contribution in [3.8, 4) is 0 Å². The van der Waals surface area contributed by atoms with Gasteiger partial charge in [0.25, 0.3) is 0 Å². The molecule has 1 saturated heterocycles. The van der Waals surface area contributed by atoms with Crippen LogP contribution in [0.4, 0.5) is 0 Å². The first-order valence-electron chi connectivity index (χ1n) is 9.96. The Hall–Kier alpha value is -1.56. The Morgan fingerprint density at radius 1 is 1.35 bits per heavy atom. The molecule has 0 spiro atoms. The maximum Gasteiger partial charge on any atom is 0.222 e. The number of hydrogen-bond donors (Lipinski definition) is 2. The van der Waals surface area contributed by atoms with Gasteiger partial charge in [-0.05, 0) is 52.2 Å². The Morgan fingerprint density at radius 2 is 2.19 bits per heavy atom. The Morgan fingerprint density at radius 3 is 2.92 bits per heavy atom. The van der Waals surface area contributed by atoms with Crippen LogP contribution in [0.2, 0.25) is 0 Å². The predicted octanol–water partition coefficient (Wildman–Crippen LogP) is 3.34. The first-order valence-corrected chi connectivity index (χ1v) is 10.8. The molecule has 0 radical (unpaired) electrons. The van der Waals surface area contributed by atoms with Gasteiger partial charge >= 0.3 is 0 Å². The van der Waals surface area contributed by atoms with Gasteiger partial charge in [-0.1, -0.05) is 6.42 Å². The molecule has 2 N–H and O–H groups in total. The molecule has 1 fully saturated rings. The highest BCUT2D eigenvalue weighted by Crippen LogP contribution is 2.16. The second kappa shape index (κ2) is 11.2. The summed E-state index contributed by atoms with van der Waals surface area (Å²) in [5, 5.41) is 6.82. The Labute approximate surface area is 162 Å². The highest BCUT2D eigenvalue weighted by molar-refractivity contribution is 7.11. The monoisotopic (exact) mass is 378 g/mol. The second-order valence-electron chi connectivity index (χ2n) is 7.07. The molecule has 1 aromatic rings. The zero-order chi connectivity index (χ0) is 18.8. The first kappa shape index (κ1) is 20.7. The number of thiophene rings is 1. The van der Waals surface area contributed by atoms with Crippen LogP contribution in [-0.2, 0) is 11.2 Å². The number of hydrogen-bond acceptors (Lipinski definition) is 3. The summed E-state index contributed by atoms with van der Waals surface area (Å²) in [7, 11) is 0. The molecule has 1 aromatic heterocycles. The van der Waals surface area contributed by atoms with Gasteiger partial charge in [-0.15, -0.1) is 11.3 Å². The summed E-state index contributed by atoms with van der Waals surface area (Å²) in [6.07, 6.45) is 6.00. The van der Waals surface area contributed by atoms with Gasteiger partial charge in [0.05, 0.1) is 0 Å². The summed E-state index contributed by atoms with van der Waals surface area (Å²) in [5.74, 6) is 1.19. The molecule has 146 valence electrons. The van der Waals surface area contributed by atoms with Crippen LogP contribution in [0.25, 0.3) is 0 Å². The number of likely N-dealkylation sites (tertiary alicyclic amines) is 1. The van der Waals surface area contributed by atoms with Gasteiger partial charge < -0.3 is 15.5 Å². The van der Waals surface area contributed by atoms with Crippen molar-refractivity contribution in [3.05, 3.63) is 21.9 Å². The molecular weight excluding hydrogens is 344 g/mol. The smallest absolute Gasteiger partial charge is 0.222 e. The van der Waals surface area contributed by atoms with Gasteiger partial charge in [0, 0.05) is 54.8 Å². The number of aliphatic imine (C=N–C) groups is 1. The minimum atomic E-state index is 0.316. The highest BCUT2D eigenvalue weighted by atomic mass is 32.1. The molecule has 26 heavy (non-hydrogen) atoms. The van der Waals surface area contributed by atoms with E-state index in [0.29, 0.717) is 18.4 Å². The number of guanidine groups is 1. The van der Waals surface area contributed by atoms with Crippen molar-refractivity contribution in [2.75, 3.05) is 26.2 Å². The standard InChI is InChI=1S/C20H34N4OS/c1-4-21-20(23-16(2)15-18-11-10-17(3)26-18)22-12-8-14-24-13-7-5-6-9-19(24)25/h10-11,16H,4-9,12-15H2,1-3H3,(H2,21,22,23). The molecule has 1 atom stereocenters. The molecule has 2 heterocycles. The predicted molar refractivity (Wildman–Crippen MR) is 111 cm³/mol. The molecule has 6 heteroatoms. The van der Waals surface area contributed by atoms with Gasteiger partial charge in [0.1, 0.15) is 0 Å². The van der Waals surface area contributed by atoms with Gasteiger partial charge in [-0.25, -0.2) is 0 Å². The van der Waals surface area contributed by atoms with E-state index in [-0.39, 0.29) is 0 Å². The Kier molecular flexibility index (Phi) is 8.95. The van der Waals surface area contributed by atoms with Crippen molar-refractivity contribution in [3.63, 3.8) is 0 Å². The third-order valence-corrected chi connectivity index (χ3v) is 5.58. The SMILES string of the molecule is CCNC(=NCCCN1CCCCCC1=O)NC(C)Cc1ccc(C)s1. The number of aryl methyl sites for hydroxylation is 1. The van der Waals surface area contributed by atoms with Crippen LogP contribution in [0.3, 0.4) is 0 Å². The third kappa shape index (κ3) is 7.36. The minimum Gasteiger partial charge on any atom is -0.357 e. The molecule has 5 nitrogen and oxygen atoms in total. The normalized spacial score (nSPS) is 17.1. The van der Waals surface area contributed by atoms with E-state index in [1.807, 2.05) is 16.2 Å². The van der Waals surface area contributed by atoms with E-state index in [2.05, 4.69) is 43.5 Å². The fourth-order valence-corrected chi connectivity index (χ4v) is 4.25. The Bertz CT molecular complexity index is 584. The maximum absolute atomic E-state index is 12.0. The summed E-state index contributed by atoms with van der Waals surface area (Å²) in [4.78, 5) is 21.5. The number of nitrogens with one attached hydrogen (secondary N) is 2. The summed E-state index contributed by atoms with van der Waals surface area (Å²) in [6, 6.07) is 4.72. The van der Waals surface area contributed by atoms with Gasteiger partial charge in [-0.3, -0.25) is 9.79 Å². The van der Waals surface area contributed by atoms with Gasteiger partial charge in [0.2, 0.25) is 5.91 Å². The van der Waals surface area contributed by atoms with Crippen molar-refractivity contribution < 1.29 is 4.79 Å². The quantitative estimate of drug-likeness (QED) is 0.414. The lowest BCUT2D eigenvalue weighted by atomic mass is 10.2. The molecule has 1 amide bonds. The third-order valence-electron chi connectivity index (χ3n) is 4.56. The van der Waals surface area contributed by atoms with Crippen molar-refractivity contribution in [1.82, 2.24) is 15.5 Å². The molecule has 1 aliphatic heterocycles. The van der Waals surface area contributed by atoms with Crippen LogP contribution in [0.5, 0.6) is 0 Å². The average molecular weight is 379 g/mol. The molecule has 0 aliphatic carbocycles. The van der Waals surface area contributed by atoms with Crippen molar-refractivity contribution in [2.45, 2.75) is 65.3 Å². The number of carbonyl (C=O) groups excluding carboxylic acids is 1. The van der Waals surface area contributed by atoms with Crippen molar-refractivity contribution >= 4 is 23.2 Å². The first-order chi connectivity index (χ1) is 12.6. The fourth-order valence-electron chi connectivity index (χ4n) is 3.23. The van der Waals surface area contributed by atoms with Crippen LogP contribution < -0.4 is 10.6 Å². The summed E-state index contributed by atoms with van der Waals surface area (Å²) in [6.45, 7) is 9.75. The highest BCUT2D eigenvalue weighted by Gasteiger charge is 2.15. The van der Waals surface area contributed by atoms with Crippen LogP contribution in [0.15, 0.2) is 17.1 Å². The van der Waals surface area contributed by atoms with E-state index < -0.39 is 0 Å². The van der Waals surface area contributed by atoms with Crippen LogP contribution in [-0.4, -0.2) is 49.0 Å². The average Bonchev–Trinajstić information content (AvgIpc) is 2.89.